The van der Waals surface area contributed by atoms with Crippen LogP contribution in [0.5, 0.6) is 0 Å². The molecule has 0 bridgehead atoms. The number of nitrogens with zero attached hydrogens (tertiary/aromatic N) is 1. The fourth-order valence-corrected chi connectivity index (χ4v) is 4.33. The lowest BCUT2D eigenvalue weighted by Gasteiger charge is -2.35. The van der Waals surface area contributed by atoms with E-state index in [9.17, 15) is 9.59 Å². The van der Waals surface area contributed by atoms with E-state index in [-0.39, 0.29) is 18.5 Å². The highest BCUT2D eigenvalue weighted by atomic mass is 32.2. The number of carbonyl (C=O) groups excluding carboxylic acids is 2. The molecule has 0 aromatic heterocycles. The predicted molar refractivity (Wildman–Crippen MR) is 109 cm³/mol. The Balaban J connectivity index is 1.71. The summed E-state index contributed by atoms with van der Waals surface area (Å²) >= 11 is 1.91. The smallest absolute Gasteiger partial charge is 0.339 e. The number of esters is 1. The zero-order chi connectivity index (χ0) is 19.2. The normalized spacial score (nSPS) is 17.3. The van der Waals surface area contributed by atoms with E-state index >= 15 is 0 Å². The second kappa shape index (κ2) is 9.06. The third kappa shape index (κ3) is 4.90. The van der Waals surface area contributed by atoms with Crippen molar-refractivity contribution in [1.82, 2.24) is 4.90 Å². The van der Waals surface area contributed by atoms with E-state index in [1.54, 1.807) is 24.3 Å². The summed E-state index contributed by atoms with van der Waals surface area (Å²) in [5, 5.41) is 2.87. The summed E-state index contributed by atoms with van der Waals surface area (Å²) in [6.07, 6.45) is 0. The highest BCUT2D eigenvalue weighted by molar-refractivity contribution is 7.99. The molecule has 2 aromatic carbocycles. The second-order valence-corrected chi connectivity index (χ2v) is 7.71. The Morgan fingerprint density at radius 2 is 1.93 bits per heavy atom. The van der Waals surface area contributed by atoms with Crippen LogP contribution in [0.4, 0.5) is 5.69 Å². The monoisotopic (exact) mass is 384 g/mol. The second-order valence-electron chi connectivity index (χ2n) is 6.56. The highest BCUT2D eigenvalue weighted by Crippen LogP contribution is 2.29. The van der Waals surface area contributed by atoms with Gasteiger partial charge in [0.05, 0.1) is 24.9 Å². The molecule has 27 heavy (non-hydrogen) atoms. The van der Waals surface area contributed by atoms with Crippen molar-refractivity contribution in [3.8, 4) is 0 Å². The minimum Gasteiger partial charge on any atom is -0.465 e. The van der Waals surface area contributed by atoms with E-state index in [1.165, 1.54) is 18.2 Å². The number of benzene rings is 2. The minimum atomic E-state index is -0.460. The van der Waals surface area contributed by atoms with Gasteiger partial charge in [0.25, 0.3) is 0 Å². The van der Waals surface area contributed by atoms with Crippen molar-refractivity contribution in [3.05, 3.63) is 65.2 Å². The van der Waals surface area contributed by atoms with Gasteiger partial charge in [0.15, 0.2) is 0 Å². The largest absolute Gasteiger partial charge is 0.465 e. The topological polar surface area (TPSA) is 58.6 Å². The molecule has 2 aromatic rings. The Kier molecular flexibility index (Phi) is 6.53. The molecule has 0 saturated carbocycles. The number of para-hydroxylation sites is 1. The first-order valence-electron chi connectivity index (χ1n) is 8.94. The van der Waals surface area contributed by atoms with Gasteiger partial charge in [-0.2, -0.15) is 11.8 Å². The maximum absolute atomic E-state index is 12.7. The van der Waals surface area contributed by atoms with Crippen LogP contribution in [0, 0.1) is 6.92 Å². The van der Waals surface area contributed by atoms with E-state index < -0.39 is 5.97 Å². The molecule has 1 amide bonds. The van der Waals surface area contributed by atoms with Gasteiger partial charge in [-0.25, -0.2) is 4.79 Å². The third-order valence-electron chi connectivity index (χ3n) is 4.65. The van der Waals surface area contributed by atoms with Crippen molar-refractivity contribution in [1.29, 1.82) is 0 Å². The summed E-state index contributed by atoms with van der Waals surface area (Å²) < 4.78 is 4.79. The van der Waals surface area contributed by atoms with Crippen LogP contribution in [0.1, 0.15) is 27.5 Å². The fourth-order valence-electron chi connectivity index (χ4n) is 3.18. The molecular weight excluding hydrogens is 360 g/mol. The average molecular weight is 385 g/mol. The van der Waals surface area contributed by atoms with Crippen LogP contribution < -0.4 is 5.32 Å². The molecule has 1 N–H and O–H groups in total. The van der Waals surface area contributed by atoms with Crippen LogP contribution in [0.25, 0.3) is 0 Å². The number of carbonyl (C=O) groups is 2. The number of methoxy groups -OCH3 is 1. The van der Waals surface area contributed by atoms with Crippen molar-refractivity contribution in [3.63, 3.8) is 0 Å². The van der Waals surface area contributed by atoms with Crippen LogP contribution in [-0.2, 0) is 9.53 Å². The quantitative estimate of drug-likeness (QED) is 0.800. The minimum absolute atomic E-state index is 0.129. The van der Waals surface area contributed by atoms with E-state index in [0.717, 1.165) is 18.1 Å². The van der Waals surface area contributed by atoms with Crippen molar-refractivity contribution in [2.75, 3.05) is 37.0 Å². The molecule has 1 heterocycles. The van der Waals surface area contributed by atoms with E-state index in [1.807, 2.05) is 11.8 Å². The molecule has 0 aliphatic carbocycles. The standard InChI is InChI=1S/C21H24N2O3S/c1-15-7-9-16(10-8-15)19-14-27-12-11-23(19)13-20(24)22-18-6-4-3-5-17(18)21(25)26-2/h3-10,19H,11-14H2,1-2H3,(H,22,24). The molecular formula is C21H24N2O3S. The Labute approximate surface area is 164 Å². The Bertz CT molecular complexity index is 807. The molecule has 0 radical (unpaired) electrons. The SMILES string of the molecule is COC(=O)c1ccccc1NC(=O)CN1CCSCC1c1ccc(C)cc1. The molecule has 6 heteroatoms. The van der Waals surface area contributed by atoms with Gasteiger partial charge in [0, 0.05) is 24.1 Å². The molecule has 1 aliphatic rings. The summed E-state index contributed by atoms with van der Waals surface area (Å²) in [6, 6.07) is 15.6. The van der Waals surface area contributed by atoms with Crippen LogP contribution >= 0.6 is 11.8 Å². The van der Waals surface area contributed by atoms with Gasteiger partial charge in [0.1, 0.15) is 0 Å². The lowest BCUT2D eigenvalue weighted by Crippen LogP contribution is -2.41. The van der Waals surface area contributed by atoms with Gasteiger partial charge >= 0.3 is 5.97 Å². The van der Waals surface area contributed by atoms with E-state index in [2.05, 4.69) is 41.4 Å². The van der Waals surface area contributed by atoms with Crippen molar-refractivity contribution < 1.29 is 14.3 Å². The van der Waals surface area contributed by atoms with Crippen LogP contribution in [-0.4, -0.2) is 48.5 Å². The molecule has 0 spiro atoms. The third-order valence-corrected chi connectivity index (χ3v) is 5.68. The zero-order valence-electron chi connectivity index (χ0n) is 15.6. The number of amides is 1. The summed E-state index contributed by atoms with van der Waals surface area (Å²) in [5.74, 6) is 1.39. The molecule has 1 atom stereocenters. The van der Waals surface area contributed by atoms with E-state index in [0.29, 0.717) is 11.3 Å². The maximum atomic E-state index is 12.7. The number of ether oxygens (including phenoxy) is 1. The van der Waals surface area contributed by atoms with Gasteiger partial charge in [-0.1, -0.05) is 42.0 Å². The molecule has 1 unspecified atom stereocenters. The van der Waals surface area contributed by atoms with Crippen LogP contribution in [0.2, 0.25) is 0 Å². The van der Waals surface area contributed by atoms with Crippen molar-refractivity contribution in [2.45, 2.75) is 13.0 Å². The average Bonchev–Trinajstić information content (AvgIpc) is 2.69. The Hall–Kier alpha value is -2.31. The number of rotatable bonds is 5. The summed E-state index contributed by atoms with van der Waals surface area (Å²) in [5.41, 5.74) is 3.30. The van der Waals surface area contributed by atoms with Gasteiger partial charge < -0.3 is 10.1 Å². The number of aryl methyl sites for hydroxylation is 1. The maximum Gasteiger partial charge on any atom is 0.339 e. The number of hydrogen-bond acceptors (Lipinski definition) is 5. The lowest BCUT2D eigenvalue weighted by atomic mass is 10.0. The Morgan fingerprint density at radius 3 is 2.67 bits per heavy atom. The summed E-state index contributed by atoms with van der Waals surface area (Å²) in [7, 11) is 1.33. The molecule has 3 rings (SSSR count). The molecule has 142 valence electrons. The number of nitrogens with one attached hydrogen (secondary N) is 1. The van der Waals surface area contributed by atoms with Gasteiger partial charge in [-0.3, -0.25) is 9.69 Å². The van der Waals surface area contributed by atoms with Crippen molar-refractivity contribution >= 4 is 29.3 Å². The van der Waals surface area contributed by atoms with Gasteiger partial charge in [0.2, 0.25) is 5.91 Å². The lowest BCUT2D eigenvalue weighted by molar-refractivity contribution is -0.117. The number of thioether (sulfide) groups is 1. The molecule has 1 saturated heterocycles. The summed E-state index contributed by atoms with van der Waals surface area (Å²) in [4.78, 5) is 26.8. The molecule has 1 aliphatic heterocycles. The highest BCUT2D eigenvalue weighted by Gasteiger charge is 2.26. The van der Waals surface area contributed by atoms with Gasteiger partial charge in [-0.05, 0) is 24.6 Å². The first-order chi connectivity index (χ1) is 13.1. The molecule has 5 nitrogen and oxygen atoms in total. The fraction of sp³-hybridized carbons (Fsp3) is 0.333. The van der Waals surface area contributed by atoms with E-state index in [4.69, 9.17) is 4.74 Å². The summed E-state index contributed by atoms with van der Waals surface area (Å²) in [6.45, 7) is 3.22. The Morgan fingerprint density at radius 1 is 1.19 bits per heavy atom. The van der Waals surface area contributed by atoms with Crippen LogP contribution in [0.3, 0.4) is 0 Å². The first-order valence-corrected chi connectivity index (χ1v) is 10.1. The number of hydrogen-bond donors (Lipinski definition) is 1. The first kappa shape index (κ1) is 19.5. The predicted octanol–water partition coefficient (Wildman–Crippen LogP) is 3.51. The molecule has 1 fully saturated rings. The number of anilines is 1. The van der Waals surface area contributed by atoms with Crippen molar-refractivity contribution in [2.24, 2.45) is 0 Å². The zero-order valence-corrected chi connectivity index (χ0v) is 16.4. The van der Waals surface area contributed by atoms with Gasteiger partial charge in [-0.15, -0.1) is 0 Å². The van der Waals surface area contributed by atoms with Crippen LogP contribution in [0.15, 0.2) is 48.5 Å².